The predicted molar refractivity (Wildman–Crippen MR) is 284 cm³/mol. The highest BCUT2D eigenvalue weighted by Gasteiger charge is 2.19. The van der Waals surface area contributed by atoms with Gasteiger partial charge in [0.15, 0.2) is 6.10 Å². The fraction of sp³-hybridized carbons (Fsp3) is 0.717. The first kappa shape index (κ1) is 62.6. The third-order valence-electron chi connectivity index (χ3n) is 11.6. The van der Waals surface area contributed by atoms with Crippen molar-refractivity contribution in [3.05, 3.63) is 85.1 Å². The monoisotopic (exact) mass is 919 g/mol. The van der Waals surface area contributed by atoms with Crippen LogP contribution in [0.25, 0.3) is 0 Å². The summed E-state index contributed by atoms with van der Waals surface area (Å²) < 4.78 is 16.8. The molecule has 0 fully saturated rings. The van der Waals surface area contributed by atoms with Crippen molar-refractivity contribution in [2.45, 2.75) is 264 Å². The molecule has 66 heavy (non-hydrogen) atoms. The van der Waals surface area contributed by atoms with Crippen LogP contribution in [0.2, 0.25) is 0 Å². The first-order valence-corrected chi connectivity index (χ1v) is 27.6. The summed E-state index contributed by atoms with van der Waals surface area (Å²) in [5.74, 6) is -0.925. The van der Waals surface area contributed by atoms with Gasteiger partial charge in [-0.15, -0.1) is 0 Å². The Hall–Kier alpha value is -3.41. The standard InChI is InChI=1S/C60H102O6/c1-4-7-10-13-16-19-22-25-27-29-30-31-33-35-38-41-44-47-50-53-59(62)65-56-57(55-64-58(61)52-49-46-43-40-37-34-24-21-18-15-12-9-6-3)66-60(63)54-51-48-45-42-39-36-32-28-26-23-20-17-14-11-8-5-2/h7,10,16,19-21,23-25,27-28,30-32,57H,4-6,8-9,11-15,17-18,22,26,29,33-56H2,1-3H3/b10-7-,19-16-,23-20-,24-21-,27-25-,31-30-,32-28-. The van der Waals surface area contributed by atoms with E-state index in [1.807, 2.05) is 0 Å². The molecule has 0 aliphatic rings. The zero-order valence-corrected chi connectivity index (χ0v) is 43.2. The lowest BCUT2D eigenvalue weighted by Gasteiger charge is -2.18. The molecule has 0 N–H and O–H groups in total. The molecule has 0 spiro atoms. The molecule has 0 rings (SSSR count). The molecule has 1 atom stereocenters. The number of ether oxygens (including phenoxy) is 3. The number of allylic oxidation sites excluding steroid dienone is 14. The van der Waals surface area contributed by atoms with E-state index in [0.717, 1.165) is 128 Å². The number of esters is 3. The van der Waals surface area contributed by atoms with Crippen molar-refractivity contribution in [3.63, 3.8) is 0 Å². The zero-order chi connectivity index (χ0) is 47.9. The van der Waals surface area contributed by atoms with Gasteiger partial charge in [-0.05, 0) is 116 Å². The summed E-state index contributed by atoms with van der Waals surface area (Å²) in [6.45, 7) is 6.47. The number of hydrogen-bond acceptors (Lipinski definition) is 6. The summed E-state index contributed by atoms with van der Waals surface area (Å²) in [6, 6.07) is 0. The number of hydrogen-bond donors (Lipinski definition) is 0. The van der Waals surface area contributed by atoms with Crippen molar-refractivity contribution in [1.82, 2.24) is 0 Å². The van der Waals surface area contributed by atoms with E-state index >= 15 is 0 Å². The molecule has 6 heteroatoms. The van der Waals surface area contributed by atoms with E-state index in [-0.39, 0.29) is 31.1 Å². The smallest absolute Gasteiger partial charge is 0.306 e. The van der Waals surface area contributed by atoms with Gasteiger partial charge >= 0.3 is 17.9 Å². The van der Waals surface area contributed by atoms with E-state index in [0.29, 0.717) is 19.3 Å². The number of carbonyl (C=O) groups is 3. The summed E-state index contributed by atoms with van der Waals surface area (Å²) in [6.07, 6.45) is 69.9. The maximum atomic E-state index is 12.8. The molecular weight excluding hydrogens is 817 g/mol. The van der Waals surface area contributed by atoms with Crippen LogP contribution in [0, 0.1) is 0 Å². The van der Waals surface area contributed by atoms with Gasteiger partial charge in [0.05, 0.1) is 0 Å². The Kier molecular flexibility index (Phi) is 51.4. The van der Waals surface area contributed by atoms with Crippen molar-refractivity contribution >= 4 is 17.9 Å². The van der Waals surface area contributed by atoms with Gasteiger partial charge in [0, 0.05) is 19.3 Å². The topological polar surface area (TPSA) is 78.9 Å². The Bertz CT molecular complexity index is 1290. The van der Waals surface area contributed by atoms with E-state index < -0.39 is 6.10 Å². The second-order valence-electron chi connectivity index (χ2n) is 18.1. The van der Waals surface area contributed by atoms with Crippen LogP contribution in [0.15, 0.2) is 85.1 Å². The van der Waals surface area contributed by atoms with Crippen LogP contribution in [-0.4, -0.2) is 37.2 Å². The first-order valence-electron chi connectivity index (χ1n) is 27.6. The minimum Gasteiger partial charge on any atom is -0.462 e. The van der Waals surface area contributed by atoms with Gasteiger partial charge in [-0.3, -0.25) is 14.4 Å². The predicted octanol–water partition coefficient (Wildman–Crippen LogP) is 18.4. The highest BCUT2D eigenvalue weighted by Crippen LogP contribution is 2.14. The van der Waals surface area contributed by atoms with Crippen molar-refractivity contribution in [3.8, 4) is 0 Å². The van der Waals surface area contributed by atoms with Gasteiger partial charge in [-0.2, -0.15) is 0 Å². The van der Waals surface area contributed by atoms with Gasteiger partial charge in [0.1, 0.15) is 13.2 Å². The molecule has 0 aromatic rings. The molecule has 378 valence electrons. The van der Waals surface area contributed by atoms with Crippen molar-refractivity contribution in [1.29, 1.82) is 0 Å². The first-order chi connectivity index (χ1) is 32.5. The molecule has 0 radical (unpaired) electrons. The van der Waals surface area contributed by atoms with Gasteiger partial charge in [0.2, 0.25) is 0 Å². The van der Waals surface area contributed by atoms with Crippen LogP contribution in [0.3, 0.4) is 0 Å². The number of carbonyl (C=O) groups excluding carboxylic acids is 3. The Balaban J connectivity index is 4.43. The van der Waals surface area contributed by atoms with E-state index in [4.69, 9.17) is 14.2 Å². The Morgan fingerprint density at radius 3 is 0.939 bits per heavy atom. The van der Waals surface area contributed by atoms with Gasteiger partial charge < -0.3 is 14.2 Å². The summed E-state index contributed by atoms with van der Waals surface area (Å²) in [4.78, 5) is 38.1. The molecule has 0 bridgehead atoms. The highest BCUT2D eigenvalue weighted by atomic mass is 16.6. The van der Waals surface area contributed by atoms with Crippen molar-refractivity contribution < 1.29 is 28.6 Å². The molecule has 0 aliphatic carbocycles. The lowest BCUT2D eigenvalue weighted by Crippen LogP contribution is -2.30. The average molecular weight is 919 g/mol. The van der Waals surface area contributed by atoms with E-state index in [2.05, 4.69) is 106 Å². The van der Waals surface area contributed by atoms with Crippen molar-refractivity contribution in [2.24, 2.45) is 0 Å². The largest absolute Gasteiger partial charge is 0.462 e. The summed E-state index contributed by atoms with van der Waals surface area (Å²) in [5.41, 5.74) is 0. The quantitative estimate of drug-likeness (QED) is 0.0262. The second kappa shape index (κ2) is 54.2. The van der Waals surface area contributed by atoms with E-state index in [1.165, 1.54) is 89.9 Å². The summed E-state index contributed by atoms with van der Waals surface area (Å²) in [7, 11) is 0. The van der Waals surface area contributed by atoms with Crippen LogP contribution in [-0.2, 0) is 28.6 Å². The summed E-state index contributed by atoms with van der Waals surface area (Å²) in [5, 5.41) is 0. The summed E-state index contributed by atoms with van der Waals surface area (Å²) >= 11 is 0. The van der Waals surface area contributed by atoms with Crippen LogP contribution >= 0.6 is 0 Å². The van der Waals surface area contributed by atoms with Crippen LogP contribution in [0.5, 0.6) is 0 Å². The van der Waals surface area contributed by atoms with Gasteiger partial charge in [0.25, 0.3) is 0 Å². The van der Waals surface area contributed by atoms with Crippen molar-refractivity contribution in [2.75, 3.05) is 13.2 Å². The Morgan fingerprint density at radius 1 is 0.318 bits per heavy atom. The van der Waals surface area contributed by atoms with E-state index in [9.17, 15) is 14.4 Å². The molecule has 0 aromatic carbocycles. The molecule has 0 saturated heterocycles. The molecule has 0 aliphatic heterocycles. The molecule has 0 saturated carbocycles. The molecule has 0 heterocycles. The lowest BCUT2D eigenvalue weighted by atomic mass is 10.1. The van der Waals surface area contributed by atoms with Gasteiger partial charge in [-0.25, -0.2) is 0 Å². The zero-order valence-electron chi connectivity index (χ0n) is 43.2. The van der Waals surface area contributed by atoms with Crippen LogP contribution < -0.4 is 0 Å². The molecule has 0 amide bonds. The average Bonchev–Trinajstić information content (AvgIpc) is 3.31. The second-order valence-corrected chi connectivity index (χ2v) is 18.1. The minimum absolute atomic E-state index is 0.0915. The Labute approximate surface area is 407 Å². The Morgan fingerprint density at radius 2 is 0.591 bits per heavy atom. The van der Waals surface area contributed by atoms with Gasteiger partial charge in [-0.1, -0.05) is 209 Å². The maximum absolute atomic E-state index is 12.8. The maximum Gasteiger partial charge on any atom is 0.306 e. The third-order valence-corrected chi connectivity index (χ3v) is 11.6. The molecule has 1 unspecified atom stereocenters. The molecule has 6 nitrogen and oxygen atoms in total. The fourth-order valence-corrected chi connectivity index (χ4v) is 7.46. The van der Waals surface area contributed by atoms with E-state index in [1.54, 1.807) is 0 Å². The van der Waals surface area contributed by atoms with Crippen LogP contribution in [0.4, 0.5) is 0 Å². The third kappa shape index (κ3) is 51.6. The normalized spacial score (nSPS) is 12.7. The molecule has 0 aromatic heterocycles. The minimum atomic E-state index is -0.794. The lowest BCUT2D eigenvalue weighted by molar-refractivity contribution is -0.167. The fourth-order valence-electron chi connectivity index (χ4n) is 7.46. The number of unbranched alkanes of at least 4 members (excludes halogenated alkanes) is 24. The number of rotatable bonds is 49. The molecular formula is C60H102O6. The SMILES string of the molecule is CC/C=C\C/C=C\C/C=C\C/C=C\CCCCCCCCC(=O)OCC(COC(=O)CCCCCCC/C=C\CCCCCC)OC(=O)CCCCCCC/C=C\C/C=C\CCCCCC. The highest BCUT2D eigenvalue weighted by molar-refractivity contribution is 5.71. The van der Waals surface area contributed by atoms with Crippen LogP contribution in [0.1, 0.15) is 258 Å².